The molecule has 1 N–H and O–H groups in total. The quantitative estimate of drug-likeness (QED) is 0.435. The number of hydrogen-bond donors (Lipinski definition) is 1. The summed E-state index contributed by atoms with van der Waals surface area (Å²) < 4.78 is 10.6. The number of nitrogens with one attached hydrogen (secondary N) is 1. The van der Waals surface area contributed by atoms with E-state index in [0.29, 0.717) is 27.8 Å². The van der Waals surface area contributed by atoms with Crippen molar-refractivity contribution in [3.63, 3.8) is 0 Å². The van der Waals surface area contributed by atoms with Crippen LogP contribution >= 0.6 is 11.3 Å². The van der Waals surface area contributed by atoms with Gasteiger partial charge < -0.3 is 14.8 Å². The van der Waals surface area contributed by atoms with E-state index in [4.69, 9.17) is 14.5 Å². The third-order valence-electron chi connectivity index (χ3n) is 4.56. The number of nitrogens with zero attached hydrogens (tertiary/aromatic N) is 1. The Bertz CT molecular complexity index is 1160. The predicted octanol–water partition coefficient (Wildman–Crippen LogP) is 5.75. The molecule has 0 unspecified atom stereocenters. The Hall–Kier alpha value is -3.64. The number of ether oxygens (including phenoxy) is 2. The van der Waals surface area contributed by atoms with Crippen molar-refractivity contribution in [2.75, 3.05) is 19.5 Å². The van der Waals surface area contributed by atoms with Crippen LogP contribution in [0, 0.1) is 0 Å². The molecule has 0 saturated heterocycles. The number of carbonyl (C=O) groups is 1. The first-order chi connectivity index (χ1) is 14.7. The first kappa shape index (κ1) is 19.7. The Kier molecular flexibility index (Phi) is 5.77. The van der Waals surface area contributed by atoms with Gasteiger partial charge in [-0.2, -0.15) is 0 Å². The van der Waals surface area contributed by atoms with Crippen molar-refractivity contribution >= 4 is 22.9 Å². The monoisotopic (exact) mass is 416 g/mol. The van der Waals surface area contributed by atoms with Crippen LogP contribution in [0.5, 0.6) is 11.5 Å². The van der Waals surface area contributed by atoms with Crippen molar-refractivity contribution < 1.29 is 14.3 Å². The third kappa shape index (κ3) is 4.04. The maximum Gasteiger partial charge on any atom is 0.268 e. The summed E-state index contributed by atoms with van der Waals surface area (Å²) in [5.41, 5.74) is 3.09. The zero-order chi connectivity index (χ0) is 20.9. The van der Waals surface area contributed by atoms with Gasteiger partial charge in [0.1, 0.15) is 21.4 Å². The van der Waals surface area contributed by atoms with E-state index in [1.165, 1.54) is 11.3 Å². The third-order valence-corrected chi connectivity index (χ3v) is 5.66. The molecule has 1 amide bonds. The molecule has 4 rings (SSSR count). The minimum Gasteiger partial charge on any atom is -0.497 e. The topological polar surface area (TPSA) is 60.5 Å². The smallest absolute Gasteiger partial charge is 0.268 e. The van der Waals surface area contributed by atoms with Crippen LogP contribution in [-0.4, -0.2) is 25.1 Å². The van der Waals surface area contributed by atoms with Gasteiger partial charge in [-0.25, -0.2) is 4.98 Å². The van der Waals surface area contributed by atoms with Crippen molar-refractivity contribution in [2.24, 2.45) is 0 Å². The fourth-order valence-corrected chi connectivity index (χ4v) is 4.04. The van der Waals surface area contributed by atoms with E-state index in [1.54, 1.807) is 32.4 Å². The summed E-state index contributed by atoms with van der Waals surface area (Å²) in [5.74, 6) is 0.938. The van der Waals surface area contributed by atoms with Crippen molar-refractivity contribution in [3.8, 4) is 33.3 Å². The van der Waals surface area contributed by atoms with Crippen molar-refractivity contribution in [3.05, 3.63) is 83.7 Å². The molecule has 6 heteroatoms. The van der Waals surface area contributed by atoms with Gasteiger partial charge >= 0.3 is 0 Å². The molecular formula is C24H20N2O3S. The van der Waals surface area contributed by atoms with E-state index in [9.17, 15) is 4.79 Å². The highest BCUT2D eigenvalue weighted by atomic mass is 32.1. The lowest BCUT2D eigenvalue weighted by Crippen LogP contribution is -2.12. The number of methoxy groups -OCH3 is 2. The van der Waals surface area contributed by atoms with Crippen LogP contribution in [0.15, 0.2) is 78.9 Å². The molecule has 150 valence electrons. The first-order valence-corrected chi connectivity index (χ1v) is 10.2. The molecule has 0 fully saturated rings. The molecule has 1 heterocycles. The second-order valence-electron chi connectivity index (χ2n) is 6.45. The average molecular weight is 417 g/mol. The normalized spacial score (nSPS) is 10.5. The number of carbonyl (C=O) groups excluding carboxylic acids is 1. The zero-order valence-corrected chi connectivity index (χ0v) is 17.4. The SMILES string of the molecule is COc1ccc(NC(=O)c2sc(-c3ccccc3)nc2-c2ccccc2)c(OC)c1. The summed E-state index contributed by atoms with van der Waals surface area (Å²) in [5, 5.41) is 3.75. The van der Waals surface area contributed by atoms with E-state index >= 15 is 0 Å². The number of hydrogen-bond acceptors (Lipinski definition) is 5. The molecule has 0 atom stereocenters. The first-order valence-electron chi connectivity index (χ1n) is 9.34. The van der Waals surface area contributed by atoms with Gasteiger partial charge in [0.05, 0.1) is 25.6 Å². The fraction of sp³-hybridized carbons (Fsp3) is 0.0833. The Labute approximate surface area is 178 Å². The van der Waals surface area contributed by atoms with Crippen LogP contribution in [0.25, 0.3) is 21.8 Å². The number of thiazole rings is 1. The summed E-state index contributed by atoms with van der Waals surface area (Å²) in [6.07, 6.45) is 0. The van der Waals surface area contributed by atoms with E-state index in [1.807, 2.05) is 60.7 Å². The second kappa shape index (κ2) is 8.80. The van der Waals surface area contributed by atoms with Crippen LogP contribution in [0.4, 0.5) is 5.69 Å². The number of aromatic nitrogens is 1. The Morgan fingerprint density at radius 2 is 1.53 bits per heavy atom. The van der Waals surface area contributed by atoms with Gasteiger partial charge in [0.25, 0.3) is 5.91 Å². The van der Waals surface area contributed by atoms with Crippen LogP contribution < -0.4 is 14.8 Å². The maximum absolute atomic E-state index is 13.2. The Morgan fingerprint density at radius 3 is 2.17 bits per heavy atom. The zero-order valence-electron chi connectivity index (χ0n) is 16.6. The number of anilines is 1. The van der Waals surface area contributed by atoms with E-state index in [2.05, 4.69) is 5.32 Å². The molecule has 0 saturated carbocycles. The number of rotatable bonds is 6. The summed E-state index contributed by atoms with van der Waals surface area (Å²) >= 11 is 1.37. The number of amides is 1. The Morgan fingerprint density at radius 1 is 0.867 bits per heavy atom. The minimum atomic E-state index is -0.239. The lowest BCUT2D eigenvalue weighted by molar-refractivity contribution is 0.103. The fourth-order valence-electron chi connectivity index (χ4n) is 3.05. The molecule has 0 bridgehead atoms. The van der Waals surface area contributed by atoms with E-state index in [-0.39, 0.29) is 5.91 Å². The van der Waals surface area contributed by atoms with Crippen molar-refractivity contribution in [1.82, 2.24) is 4.98 Å². The second-order valence-corrected chi connectivity index (χ2v) is 7.45. The molecule has 5 nitrogen and oxygen atoms in total. The highest BCUT2D eigenvalue weighted by molar-refractivity contribution is 7.17. The molecule has 0 radical (unpaired) electrons. The highest BCUT2D eigenvalue weighted by Gasteiger charge is 2.21. The number of benzene rings is 3. The van der Waals surface area contributed by atoms with Gasteiger partial charge in [0.15, 0.2) is 0 Å². The maximum atomic E-state index is 13.2. The highest BCUT2D eigenvalue weighted by Crippen LogP contribution is 2.35. The average Bonchev–Trinajstić information content (AvgIpc) is 3.26. The summed E-state index contributed by atoms with van der Waals surface area (Å²) in [4.78, 5) is 18.6. The van der Waals surface area contributed by atoms with Gasteiger partial charge in [-0.15, -0.1) is 11.3 Å². The molecule has 1 aromatic heterocycles. The van der Waals surface area contributed by atoms with Gasteiger partial charge in [-0.1, -0.05) is 60.7 Å². The van der Waals surface area contributed by atoms with Gasteiger partial charge in [-0.05, 0) is 12.1 Å². The molecule has 0 aliphatic carbocycles. The molecule has 3 aromatic carbocycles. The lowest BCUT2D eigenvalue weighted by atomic mass is 10.1. The molecular weight excluding hydrogens is 396 g/mol. The van der Waals surface area contributed by atoms with Crippen molar-refractivity contribution in [2.45, 2.75) is 0 Å². The van der Waals surface area contributed by atoms with Crippen LogP contribution in [0.1, 0.15) is 9.67 Å². The molecule has 0 aliphatic rings. The van der Waals surface area contributed by atoms with Gasteiger partial charge in [-0.3, -0.25) is 4.79 Å². The lowest BCUT2D eigenvalue weighted by Gasteiger charge is -2.11. The molecule has 0 aliphatic heterocycles. The minimum absolute atomic E-state index is 0.239. The molecule has 30 heavy (non-hydrogen) atoms. The molecule has 4 aromatic rings. The standard InChI is InChI=1S/C24H20N2O3S/c1-28-18-13-14-19(20(15-18)29-2)25-23(27)22-21(16-9-5-3-6-10-16)26-24(30-22)17-11-7-4-8-12-17/h3-15H,1-2H3,(H,25,27). The predicted molar refractivity (Wildman–Crippen MR) is 120 cm³/mol. The van der Waals surface area contributed by atoms with Crippen LogP contribution in [0.2, 0.25) is 0 Å². The van der Waals surface area contributed by atoms with E-state index < -0.39 is 0 Å². The summed E-state index contributed by atoms with van der Waals surface area (Å²) in [6.45, 7) is 0. The van der Waals surface area contributed by atoms with Crippen LogP contribution in [0.3, 0.4) is 0 Å². The van der Waals surface area contributed by atoms with Gasteiger partial charge in [0.2, 0.25) is 0 Å². The largest absolute Gasteiger partial charge is 0.497 e. The Balaban J connectivity index is 1.74. The van der Waals surface area contributed by atoms with Crippen molar-refractivity contribution in [1.29, 1.82) is 0 Å². The summed E-state index contributed by atoms with van der Waals surface area (Å²) in [6, 6.07) is 24.8. The molecule has 0 spiro atoms. The van der Waals surface area contributed by atoms with Crippen LogP contribution in [-0.2, 0) is 0 Å². The van der Waals surface area contributed by atoms with Gasteiger partial charge in [0, 0.05) is 17.2 Å². The summed E-state index contributed by atoms with van der Waals surface area (Å²) in [7, 11) is 3.14. The van der Waals surface area contributed by atoms with E-state index in [0.717, 1.165) is 16.1 Å².